The Morgan fingerprint density at radius 2 is 1.54 bits per heavy atom. The largest absolute Gasteiger partial charge is 0.497 e. The number of benzene rings is 3. The van der Waals surface area contributed by atoms with Crippen LogP contribution in [-0.4, -0.2) is 74.7 Å². The smallest absolute Gasteiger partial charge is 0.254 e. The summed E-state index contributed by atoms with van der Waals surface area (Å²) in [7, 11) is 1.66. The standard InChI is InChI=1S/C33H37N3O5/c1-4-40-28-20-22-14-15-36-31(27(22)21-29(28)41-5-2)30(25-8-6-7-9-26(25)32(36)37)33(38)35-18-16-34(17-19-35)23-10-12-24(39-3)13-11-23/h6-13,20-21,30-31H,4-5,14-19H2,1-3H3/t30-,31-/m1/s1. The predicted molar refractivity (Wildman–Crippen MR) is 157 cm³/mol. The summed E-state index contributed by atoms with van der Waals surface area (Å²) in [4.78, 5) is 34.4. The molecule has 214 valence electrons. The van der Waals surface area contributed by atoms with Crippen molar-refractivity contribution in [2.75, 3.05) is 57.9 Å². The zero-order valence-corrected chi connectivity index (χ0v) is 24.0. The van der Waals surface area contributed by atoms with Gasteiger partial charge in [-0.3, -0.25) is 9.59 Å². The number of hydrogen-bond donors (Lipinski definition) is 0. The van der Waals surface area contributed by atoms with Gasteiger partial charge < -0.3 is 28.9 Å². The molecule has 1 saturated heterocycles. The zero-order chi connectivity index (χ0) is 28.5. The zero-order valence-electron chi connectivity index (χ0n) is 24.0. The number of methoxy groups -OCH3 is 1. The van der Waals surface area contributed by atoms with Gasteiger partial charge in [-0.2, -0.15) is 0 Å². The van der Waals surface area contributed by atoms with Crippen LogP contribution in [0, 0.1) is 0 Å². The molecule has 0 unspecified atom stereocenters. The molecule has 8 heteroatoms. The summed E-state index contributed by atoms with van der Waals surface area (Å²) in [5.41, 5.74) is 4.63. The van der Waals surface area contributed by atoms with Crippen LogP contribution in [0.25, 0.3) is 0 Å². The van der Waals surface area contributed by atoms with Crippen LogP contribution in [0.1, 0.15) is 52.9 Å². The molecule has 6 rings (SSSR count). The van der Waals surface area contributed by atoms with Gasteiger partial charge in [-0.25, -0.2) is 0 Å². The van der Waals surface area contributed by atoms with Gasteiger partial charge in [0.25, 0.3) is 5.91 Å². The Kier molecular flexibility index (Phi) is 7.47. The van der Waals surface area contributed by atoms with Crippen LogP contribution in [0.15, 0.2) is 60.7 Å². The average Bonchev–Trinajstić information content (AvgIpc) is 3.01. The number of anilines is 1. The summed E-state index contributed by atoms with van der Waals surface area (Å²) >= 11 is 0. The second kappa shape index (κ2) is 11.4. The van der Waals surface area contributed by atoms with Crippen LogP contribution in [-0.2, 0) is 11.2 Å². The summed E-state index contributed by atoms with van der Waals surface area (Å²) < 4.78 is 17.2. The van der Waals surface area contributed by atoms with E-state index in [4.69, 9.17) is 14.2 Å². The van der Waals surface area contributed by atoms with Gasteiger partial charge in [-0.1, -0.05) is 18.2 Å². The van der Waals surface area contributed by atoms with Gasteiger partial charge in [-0.15, -0.1) is 0 Å². The highest BCUT2D eigenvalue weighted by molar-refractivity contribution is 6.01. The molecule has 3 aromatic rings. The van der Waals surface area contributed by atoms with Gasteiger partial charge in [0.05, 0.1) is 32.3 Å². The van der Waals surface area contributed by atoms with Crippen LogP contribution in [0.5, 0.6) is 17.2 Å². The van der Waals surface area contributed by atoms with E-state index in [1.165, 1.54) is 0 Å². The van der Waals surface area contributed by atoms with E-state index in [2.05, 4.69) is 17.0 Å². The van der Waals surface area contributed by atoms with E-state index in [1.807, 2.05) is 72.2 Å². The van der Waals surface area contributed by atoms with Crippen molar-refractivity contribution in [1.82, 2.24) is 9.80 Å². The molecule has 1 fully saturated rings. The van der Waals surface area contributed by atoms with Crippen molar-refractivity contribution >= 4 is 17.5 Å². The molecule has 3 aliphatic heterocycles. The minimum absolute atomic E-state index is 0.0172. The summed E-state index contributed by atoms with van der Waals surface area (Å²) in [5.74, 6) is 1.74. The number of carbonyl (C=O) groups is 2. The molecule has 0 spiro atoms. The van der Waals surface area contributed by atoms with E-state index in [1.54, 1.807) is 7.11 Å². The highest BCUT2D eigenvalue weighted by Gasteiger charge is 2.48. The molecule has 2 atom stereocenters. The Hall–Kier alpha value is -4.20. The van der Waals surface area contributed by atoms with Crippen LogP contribution < -0.4 is 19.1 Å². The number of carbonyl (C=O) groups excluding carboxylic acids is 2. The molecule has 3 heterocycles. The number of fused-ring (bicyclic) bond motifs is 4. The molecular formula is C33H37N3O5. The van der Waals surface area contributed by atoms with Gasteiger partial charge in [0.15, 0.2) is 11.5 Å². The van der Waals surface area contributed by atoms with Crippen LogP contribution >= 0.6 is 0 Å². The monoisotopic (exact) mass is 555 g/mol. The lowest BCUT2D eigenvalue weighted by molar-refractivity contribution is -0.135. The maximum absolute atomic E-state index is 14.5. The molecule has 0 N–H and O–H groups in total. The third-order valence-electron chi connectivity index (χ3n) is 8.48. The highest BCUT2D eigenvalue weighted by atomic mass is 16.5. The fourth-order valence-corrected chi connectivity index (χ4v) is 6.51. The summed E-state index contributed by atoms with van der Waals surface area (Å²) in [6, 6.07) is 19.3. The van der Waals surface area contributed by atoms with Gasteiger partial charge >= 0.3 is 0 Å². The van der Waals surface area contributed by atoms with Gasteiger partial charge in [0.1, 0.15) is 5.75 Å². The van der Waals surface area contributed by atoms with Gasteiger partial charge in [0.2, 0.25) is 5.91 Å². The Morgan fingerprint density at radius 1 is 0.854 bits per heavy atom. The maximum Gasteiger partial charge on any atom is 0.254 e. The Balaban J connectivity index is 1.34. The van der Waals surface area contributed by atoms with E-state index >= 15 is 0 Å². The van der Waals surface area contributed by atoms with Crippen molar-refractivity contribution in [3.63, 3.8) is 0 Å². The second-order valence-corrected chi connectivity index (χ2v) is 10.6. The fraction of sp³-hybridized carbons (Fsp3) is 0.394. The molecule has 41 heavy (non-hydrogen) atoms. The molecule has 8 nitrogen and oxygen atoms in total. The Labute approximate surface area is 241 Å². The normalized spacial score (nSPS) is 19.7. The molecule has 0 aliphatic carbocycles. The lowest BCUT2D eigenvalue weighted by atomic mass is 9.75. The van der Waals surface area contributed by atoms with Crippen LogP contribution in [0.2, 0.25) is 0 Å². The second-order valence-electron chi connectivity index (χ2n) is 10.6. The van der Waals surface area contributed by atoms with E-state index in [-0.39, 0.29) is 11.8 Å². The van der Waals surface area contributed by atoms with Gasteiger partial charge in [-0.05, 0) is 79.4 Å². The molecule has 0 aromatic heterocycles. The highest BCUT2D eigenvalue weighted by Crippen LogP contribution is 2.49. The average molecular weight is 556 g/mol. The van der Waals surface area contributed by atoms with Crippen molar-refractivity contribution in [2.45, 2.75) is 32.2 Å². The van der Waals surface area contributed by atoms with Crippen molar-refractivity contribution in [1.29, 1.82) is 0 Å². The summed E-state index contributed by atoms with van der Waals surface area (Å²) in [5, 5.41) is 0. The van der Waals surface area contributed by atoms with Crippen LogP contribution in [0.3, 0.4) is 0 Å². The lowest BCUT2D eigenvalue weighted by Gasteiger charge is -2.47. The minimum atomic E-state index is -0.497. The molecule has 3 aromatic carbocycles. The predicted octanol–water partition coefficient (Wildman–Crippen LogP) is 4.68. The maximum atomic E-state index is 14.5. The first-order valence-electron chi connectivity index (χ1n) is 14.5. The quantitative estimate of drug-likeness (QED) is 0.422. The third kappa shape index (κ3) is 4.85. The van der Waals surface area contributed by atoms with E-state index < -0.39 is 12.0 Å². The van der Waals surface area contributed by atoms with Crippen molar-refractivity contribution in [3.05, 3.63) is 82.9 Å². The topological polar surface area (TPSA) is 71.5 Å². The van der Waals surface area contributed by atoms with Crippen molar-refractivity contribution in [2.24, 2.45) is 0 Å². The third-order valence-corrected chi connectivity index (χ3v) is 8.48. The molecule has 0 saturated carbocycles. The number of hydrogen-bond acceptors (Lipinski definition) is 6. The number of amides is 2. The first kappa shape index (κ1) is 27.0. The number of nitrogens with zero attached hydrogens (tertiary/aromatic N) is 3. The molecular weight excluding hydrogens is 518 g/mol. The van der Waals surface area contributed by atoms with E-state index in [0.717, 1.165) is 41.2 Å². The lowest BCUT2D eigenvalue weighted by Crippen LogP contribution is -2.54. The minimum Gasteiger partial charge on any atom is -0.497 e. The SMILES string of the molecule is CCOc1cc2c(cc1OCC)[C@@H]1[C@H](C(=O)N3CCN(c4ccc(OC)cc4)CC3)c3ccccc3C(=O)N1CC2. The first-order valence-corrected chi connectivity index (χ1v) is 14.5. The number of ether oxygens (including phenoxy) is 3. The fourth-order valence-electron chi connectivity index (χ4n) is 6.51. The van der Waals surface area contributed by atoms with Crippen LogP contribution in [0.4, 0.5) is 5.69 Å². The molecule has 0 radical (unpaired) electrons. The number of rotatable bonds is 7. The molecule has 2 amide bonds. The number of piperazine rings is 1. The molecule has 3 aliphatic rings. The Morgan fingerprint density at radius 3 is 2.22 bits per heavy atom. The van der Waals surface area contributed by atoms with Crippen molar-refractivity contribution in [3.8, 4) is 17.2 Å². The Bertz CT molecular complexity index is 1430. The first-order chi connectivity index (χ1) is 20.0. The molecule has 0 bridgehead atoms. The van der Waals surface area contributed by atoms with E-state index in [0.29, 0.717) is 56.3 Å². The van der Waals surface area contributed by atoms with E-state index in [9.17, 15) is 9.59 Å². The van der Waals surface area contributed by atoms with Crippen molar-refractivity contribution < 1.29 is 23.8 Å². The summed E-state index contributed by atoms with van der Waals surface area (Å²) in [6.07, 6.45) is 0.702. The summed E-state index contributed by atoms with van der Waals surface area (Å²) in [6.45, 7) is 8.19. The van der Waals surface area contributed by atoms with Gasteiger partial charge in [0, 0.05) is 44.0 Å².